The summed E-state index contributed by atoms with van der Waals surface area (Å²) in [5.41, 5.74) is -1.62. The minimum atomic E-state index is -4.20. The van der Waals surface area contributed by atoms with Crippen molar-refractivity contribution in [3.05, 3.63) is 0 Å². The number of unbranched alkanes of at least 4 members (excludes halogenated alkanes) is 15. The molecule has 178 valence electrons. The Morgan fingerprint density at radius 1 is 0.655 bits per heavy atom. The van der Waals surface area contributed by atoms with Crippen LogP contribution in [0.3, 0.4) is 0 Å². The molecule has 0 aromatic heterocycles. The van der Waals surface area contributed by atoms with E-state index in [-0.39, 0.29) is 6.42 Å². The molecule has 0 heterocycles. The van der Waals surface area contributed by atoms with Gasteiger partial charge in [-0.15, -0.1) is 0 Å². The van der Waals surface area contributed by atoms with Crippen molar-refractivity contribution in [1.82, 2.24) is 4.90 Å². The molecule has 0 aliphatic rings. The van der Waals surface area contributed by atoms with Gasteiger partial charge in [0.1, 0.15) is 0 Å². The number of hydrogen-bond acceptors (Lipinski definition) is 4. The van der Waals surface area contributed by atoms with E-state index >= 15 is 0 Å². The van der Waals surface area contributed by atoms with Gasteiger partial charge in [-0.25, -0.2) is 0 Å². The minimum absolute atomic E-state index is 0.0127. The Morgan fingerprint density at radius 2 is 0.966 bits per heavy atom. The van der Waals surface area contributed by atoms with E-state index in [4.69, 9.17) is 9.66 Å². The topological polar surface area (TPSA) is 77.8 Å². The molecular formula is C23H51NO4S. The summed E-state index contributed by atoms with van der Waals surface area (Å²) >= 11 is 0. The Bertz CT molecular complexity index is 413. The van der Waals surface area contributed by atoms with E-state index in [1.165, 1.54) is 116 Å². The van der Waals surface area contributed by atoms with Crippen LogP contribution in [0, 0.1) is 0 Å². The zero-order valence-electron chi connectivity index (χ0n) is 19.9. The van der Waals surface area contributed by atoms with E-state index in [0.29, 0.717) is 0 Å². The first kappa shape index (κ1) is 31.0. The standard InChI is InChI=1S/C20H43N.C3H8O4S/c1-4-5-6-7-8-9-10-11-12-13-14-15-16-17-18-19-20-21(2)3;1-2-3(4)8(5,6)7/h4-20H2,1-3H3;3-4H,2H2,1H3,(H,5,6,7). The molecule has 1 unspecified atom stereocenters. The minimum Gasteiger partial charge on any atom is -0.375 e. The van der Waals surface area contributed by atoms with Crippen LogP contribution in [0.25, 0.3) is 0 Å². The van der Waals surface area contributed by atoms with Gasteiger partial charge in [0.15, 0.2) is 5.44 Å². The molecule has 0 bridgehead atoms. The maximum absolute atomic E-state index is 9.87. The van der Waals surface area contributed by atoms with E-state index in [1.54, 1.807) is 0 Å². The summed E-state index contributed by atoms with van der Waals surface area (Å²) in [4.78, 5) is 2.30. The Morgan fingerprint density at radius 3 is 1.17 bits per heavy atom. The molecule has 0 amide bonds. The molecule has 0 aromatic carbocycles. The van der Waals surface area contributed by atoms with Crippen molar-refractivity contribution >= 4 is 10.1 Å². The summed E-state index contributed by atoms with van der Waals surface area (Å²) in [6.45, 7) is 5.01. The largest absolute Gasteiger partial charge is 0.375 e. The molecule has 0 fully saturated rings. The Hall–Kier alpha value is -0.170. The number of hydrogen-bond donors (Lipinski definition) is 2. The maximum atomic E-state index is 9.87. The lowest BCUT2D eigenvalue weighted by atomic mass is 10.0. The molecular weight excluding hydrogens is 386 g/mol. The van der Waals surface area contributed by atoms with Crippen molar-refractivity contribution in [3.8, 4) is 0 Å². The van der Waals surface area contributed by atoms with Gasteiger partial charge in [0.2, 0.25) is 0 Å². The number of nitrogens with zero attached hydrogens (tertiary/aromatic N) is 1. The zero-order chi connectivity index (χ0) is 22.4. The van der Waals surface area contributed by atoms with Gasteiger partial charge in [0.25, 0.3) is 10.1 Å². The molecule has 0 saturated heterocycles. The fourth-order valence-electron chi connectivity index (χ4n) is 3.19. The summed E-state index contributed by atoms with van der Waals surface area (Å²) in [6, 6.07) is 0. The van der Waals surface area contributed by atoms with Crippen molar-refractivity contribution in [1.29, 1.82) is 0 Å². The van der Waals surface area contributed by atoms with Crippen LogP contribution in [-0.2, 0) is 10.1 Å². The predicted octanol–water partition coefficient (Wildman–Crippen LogP) is 6.41. The monoisotopic (exact) mass is 437 g/mol. The van der Waals surface area contributed by atoms with E-state index < -0.39 is 15.6 Å². The van der Waals surface area contributed by atoms with E-state index in [0.717, 1.165) is 0 Å². The van der Waals surface area contributed by atoms with Crippen molar-refractivity contribution in [3.63, 3.8) is 0 Å². The second-order valence-electron chi connectivity index (χ2n) is 8.48. The first-order valence-corrected chi connectivity index (χ1v) is 13.5. The highest BCUT2D eigenvalue weighted by atomic mass is 32.2. The van der Waals surface area contributed by atoms with Crippen LogP contribution >= 0.6 is 0 Å². The highest BCUT2D eigenvalue weighted by molar-refractivity contribution is 7.86. The highest BCUT2D eigenvalue weighted by Gasteiger charge is 2.15. The van der Waals surface area contributed by atoms with Gasteiger partial charge in [-0.2, -0.15) is 8.42 Å². The second-order valence-corrected chi connectivity index (χ2v) is 10.1. The van der Waals surface area contributed by atoms with Gasteiger partial charge in [0, 0.05) is 0 Å². The van der Waals surface area contributed by atoms with Gasteiger partial charge in [-0.05, 0) is 33.5 Å². The molecule has 0 aliphatic heterocycles. The average molecular weight is 438 g/mol. The van der Waals surface area contributed by atoms with Gasteiger partial charge in [0.05, 0.1) is 0 Å². The normalized spacial score (nSPS) is 12.7. The number of rotatable bonds is 19. The lowest BCUT2D eigenvalue weighted by Gasteiger charge is -2.08. The molecule has 0 radical (unpaired) electrons. The van der Waals surface area contributed by atoms with E-state index in [2.05, 4.69) is 25.9 Å². The number of aliphatic hydroxyl groups excluding tert-OH is 1. The molecule has 0 spiro atoms. The molecule has 29 heavy (non-hydrogen) atoms. The zero-order valence-corrected chi connectivity index (χ0v) is 20.7. The van der Waals surface area contributed by atoms with Crippen molar-refractivity contribution < 1.29 is 18.1 Å². The van der Waals surface area contributed by atoms with Crippen molar-refractivity contribution in [2.45, 2.75) is 128 Å². The molecule has 2 N–H and O–H groups in total. The lowest BCUT2D eigenvalue weighted by molar-refractivity contribution is 0.229. The summed E-state index contributed by atoms with van der Waals surface area (Å²) in [5, 5.41) is 8.36. The molecule has 0 saturated carbocycles. The van der Waals surface area contributed by atoms with Crippen LogP contribution in [0.15, 0.2) is 0 Å². The lowest BCUT2D eigenvalue weighted by Crippen LogP contribution is -2.17. The van der Waals surface area contributed by atoms with Crippen LogP contribution < -0.4 is 0 Å². The molecule has 1 atom stereocenters. The summed E-state index contributed by atoms with van der Waals surface area (Å²) in [7, 11) is 0.146. The van der Waals surface area contributed by atoms with Gasteiger partial charge >= 0.3 is 0 Å². The second kappa shape index (κ2) is 22.5. The quantitative estimate of drug-likeness (QED) is 0.180. The number of aliphatic hydroxyl groups is 1. The maximum Gasteiger partial charge on any atom is 0.291 e. The first-order chi connectivity index (χ1) is 13.8. The third-order valence-electron chi connectivity index (χ3n) is 5.15. The summed E-state index contributed by atoms with van der Waals surface area (Å²) in [6.07, 6.45) is 23.3. The molecule has 0 aromatic rings. The van der Waals surface area contributed by atoms with Crippen LogP contribution in [0.4, 0.5) is 0 Å². The van der Waals surface area contributed by atoms with Crippen LogP contribution in [-0.4, -0.2) is 49.1 Å². The van der Waals surface area contributed by atoms with Crippen molar-refractivity contribution in [2.24, 2.45) is 0 Å². The Kier molecular flexibility index (Phi) is 24.1. The Labute approximate surface area is 182 Å². The fraction of sp³-hybridized carbons (Fsp3) is 1.00. The molecule has 0 rings (SSSR count). The third-order valence-corrected chi connectivity index (χ3v) is 6.17. The van der Waals surface area contributed by atoms with Gasteiger partial charge in [-0.3, -0.25) is 4.55 Å². The third kappa shape index (κ3) is 27.8. The highest BCUT2D eigenvalue weighted by Crippen LogP contribution is 2.13. The van der Waals surface area contributed by atoms with E-state index in [9.17, 15) is 8.42 Å². The SMILES string of the molecule is CCC(O)S(=O)(=O)O.CCCCCCCCCCCCCCCCCCN(C)C. The van der Waals surface area contributed by atoms with Gasteiger partial charge in [-0.1, -0.05) is 110 Å². The average Bonchev–Trinajstić information content (AvgIpc) is 2.66. The van der Waals surface area contributed by atoms with E-state index in [1.807, 2.05) is 0 Å². The molecule has 5 nitrogen and oxygen atoms in total. The molecule has 6 heteroatoms. The summed E-state index contributed by atoms with van der Waals surface area (Å²) < 4.78 is 27.7. The predicted molar refractivity (Wildman–Crippen MR) is 126 cm³/mol. The first-order valence-electron chi connectivity index (χ1n) is 12.0. The molecule has 0 aliphatic carbocycles. The van der Waals surface area contributed by atoms with Crippen LogP contribution in [0.2, 0.25) is 0 Å². The van der Waals surface area contributed by atoms with Crippen LogP contribution in [0.1, 0.15) is 123 Å². The van der Waals surface area contributed by atoms with Crippen molar-refractivity contribution in [2.75, 3.05) is 20.6 Å². The van der Waals surface area contributed by atoms with Gasteiger partial charge < -0.3 is 10.0 Å². The smallest absolute Gasteiger partial charge is 0.291 e. The fourth-order valence-corrected chi connectivity index (χ4v) is 3.61. The summed E-state index contributed by atoms with van der Waals surface area (Å²) in [5.74, 6) is 0. The van der Waals surface area contributed by atoms with Crippen LogP contribution in [0.5, 0.6) is 0 Å². The Balaban J connectivity index is 0.